The normalized spacial score (nSPS) is 48.2. The number of allylic oxidation sites excluding steroid dienone is 2. The highest BCUT2D eigenvalue weighted by atomic mass is 16.7. The van der Waals surface area contributed by atoms with E-state index in [2.05, 4.69) is 13.0 Å². The lowest BCUT2D eigenvalue weighted by molar-refractivity contribution is -0.392. The molecule has 0 heterocycles. The summed E-state index contributed by atoms with van der Waals surface area (Å²) < 4.78 is 0. The van der Waals surface area contributed by atoms with Crippen LogP contribution in [0.15, 0.2) is 11.6 Å². The quantitative estimate of drug-likeness (QED) is 0.514. The lowest BCUT2D eigenvalue weighted by Crippen LogP contribution is -2.58. The summed E-state index contributed by atoms with van der Waals surface area (Å²) in [6.45, 7) is 2.46. The number of aliphatic hydroxyl groups is 3. The molecule has 22 heavy (non-hydrogen) atoms. The average molecular weight is 306 g/mol. The fraction of sp³-hybridized carbons (Fsp3) is 0.895. The molecule has 0 radical (unpaired) electrons. The van der Waals surface area contributed by atoms with E-state index in [0.29, 0.717) is 17.3 Å². The highest BCUT2D eigenvalue weighted by Crippen LogP contribution is 2.67. The van der Waals surface area contributed by atoms with E-state index in [-0.39, 0.29) is 5.92 Å². The van der Waals surface area contributed by atoms with E-state index in [1.807, 2.05) is 0 Å². The van der Waals surface area contributed by atoms with Crippen molar-refractivity contribution in [2.45, 2.75) is 77.1 Å². The minimum atomic E-state index is -2.50. The molecule has 0 aromatic carbocycles. The second kappa shape index (κ2) is 4.81. The Morgan fingerprint density at radius 1 is 1.00 bits per heavy atom. The zero-order valence-electron chi connectivity index (χ0n) is 13.7. The van der Waals surface area contributed by atoms with Gasteiger partial charge in [-0.15, -0.1) is 0 Å². The van der Waals surface area contributed by atoms with Gasteiger partial charge in [-0.2, -0.15) is 0 Å². The number of hydrogen-bond acceptors (Lipinski definition) is 3. The first-order valence-corrected chi connectivity index (χ1v) is 9.25. The third kappa shape index (κ3) is 1.85. The van der Waals surface area contributed by atoms with Gasteiger partial charge in [0.25, 0.3) is 5.97 Å². The van der Waals surface area contributed by atoms with Crippen molar-refractivity contribution < 1.29 is 15.3 Å². The lowest BCUT2D eigenvalue weighted by Gasteiger charge is -2.59. The predicted octanol–water partition coefficient (Wildman–Crippen LogP) is 3.34. The second-order valence-electron chi connectivity index (χ2n) is 8.68. The van der Waals surface area contributed by atoms with Gasteiger partial charge in [0.05, 0.1) is 5.41 Å². The van der Waals surface area contributed by atoms with Crippen LogP contribution in [0.4, 0.5) is 0 Å². The van der Waals surface area contributed by atoms with E-state index in [4.69, 9.17) is 0 Å². The van der Waals surface area contributed by atoms with Crippen LogP contribution in [0.25, 0.3) is 0 Å². The monoisotopic (exact) mass is 306 g/mol. The van der Waals surface area contributed by atoms with Gasteiger partial charge in [-0.1, -0.05) is 25.0 Å². The maximum atomic E-state index is 10.1. The molecule has 0 aromatic rings. The molecular formula is C19H30O3. The van der Waals surface area contributed by atoms with Crippen LogP contribution in [0.3, 0.4) is 0 Å². The van der Waals surface area contributed by atoms with Crippen LogP contribution in [-0.4, -0.2) is 21.3 Å². The van der Waals surface area contributed by atoms with Crippen LogP contribution in [-0.2, 0) is 0 Å². The van der Waals surface area contributed by atoms with Crippen molar-refractivity contribution in [3.05, 3.63) is 11.6 Å². The van der Waals surface area contributed by atoms with Gasteiger partial charge in [-0.3, -0.25) is 0 Å². The highest BCUT2D eigenvalue weighted by Gasteiger charge is 2.63. The Bertz CT molecular complexity index is 491. The minimum absolute atomic E-state index is 0.284. The van der Waals surface area contributed by atoms with Crippen LogP contribution in [0.1, 0.15) is 71.1 Å². The summed E-state index contributed by atoms with van der Waals surface area (Å²) in [7, 11) is 0. The molecule has 0 spiro atoms. The molecule has 0 unspecified atom stereocenters. The maximum Gasteiger partial charge on any atom is 0.281 e. The number of fused-ring (bicyclic) bond motifs is 5. The van der Waals surface area contributed by atoms with Crippen molar-refractivity contribution in [2.75, 3.05) is 0 Å². The van der Waals surface area contributed by atoms with Crippen LogP contribution < -0.4 is 0 Å². The molecule has 0 aliphatic heterocycles. The fourth-order valence-corrected chi connectivity index (χ4v) is 6.99. The minimum Gasteiger partial charge on any atom is -0.343 e. The summed E-state index contributed by atoms with van der Waals surface area (Å²) in [5, 5.41) is 30.3. The maximum absolute atomic E-state index is 10.1. The molecule has 3 fully saturated rings. The van der Waals surface area contributed by atoms with Crippen LogP contribution in [0, 0.1) is 28.6 Å². The topological polar surface area (TPSA) is 60.7 Å². The summed E-state index contributed by atoms with van der Waals surface area (Å²) in [4.78, 5) is 0. The number of rotatable bonds is 1. The van der Waals surface area contributed by atoms with Crippen molar-refractivity contribution in [1.82, 2.24) is 0 Å². The van der Waals surface area contributed by atoms with Crippen LogP contribution >= 0.6 is 0 Å². The highest BCUT2D eigenvalue weighted by molar-refractivity contribution is 5.23. The van der Waals surface area contributed by atoms with Gasteiger partial charge in [-0.25, -0.2) is 0 Å². The number of hydrogen-bond donors (Lipinski definition) is 3. The van der Waals surface area contributed by atoms with E-state index in [1.54, 1.807) is 5.57 Å². The van der Waals surface area contributed by atoms with E-state index in [9.17, 15) is 15.3 Å². The van der Waals surface area contributed by atoms with Gasteiger partial charge >= 0.3 is 0 Å². The van der Waals surface area contributed by atoms with Crippen molar-refractivity contribution in [3.63, 3.8) is 0 Å². The van der Waals surface area contributed by atoms with E-state index in [1.165, 1.54) is 32.1 Å². The standard InChI is InChI=1S/C19H30O3/c1-17-10-3-2-5-13(17)7-8-14-15(17)9-12-18(19(20,21)22)11-4-6-16(14)18/h5,14-16,20-22H,2-4,6-12H2,1H3/t14-,15+,16+,17+,18-/m1/s1. The summed E-state index contributed by atoms with van der Waals surface area (Å²) in [5.74, 6) is -0.983. The van der Waals surface area contributed by atoms with Crippen LogP contribution in [0.2, 0.25) is 0 Å². The first-order valence-electron chi connectivity index (χ1n) is 9.25. The molecule has 4 aliphatic rings. The van der Waals surface area contributed by atoms with E-state index in [0.717, 1.165) is 32.1 Å². The van der Waals surface area contributed by atoms with Gasteiger partial charge in [0.1, 0.15) is 0 Å². The Kier molecular flexibility index (Phi) is 3.32. The van der Waals surface area contributed by atoms with Crippen LogP contribution in [0.5, 0.6) is 0 Å². The molecule has 4 rings (SSSR count). The zero-order chi connectivity index (χ0) is 15.6. The van der Waals surface area contributed by atoms with Gasteiger partial charge in [0, 0.05) is 0 Å². The van der Waals surface area contributed by atoms with E-state index < -0.39 is 11.4 Å². The van der Waals surface area contributed by atoms with Gasteiger partial charge in [0.2, 0.25) is 0 Å². The third-order valence-electron chi connectivity index (χ3n) is 8.04. The van der Waals surface area contributed by atoms with Crippen molar-refractivity contribution >= 4 is 0 Å². The Morgan fingerprint density at radius 3 is 2.59 bits per heavy atom. The molecule has 3 saturated carbocycles. The lowest BCUT2D eigenvalue weighted by atomic mass is 9.47. The first-order chi connectivity index (χ1) is 10.4. The molecule has 3 nitrogen and oxygen atoms in total. The van der Waals surface area contributed by atoms with Gasteiger partial charge in [0.15, 0.2) is 0 Å². The molecular weight excluding hydrogens is 276 g/mol. The second-order valence-corrected chi connectivity index (χ2v) is 8.68. The Labute approximate surface area is 133 Å². The third-order valence-corrected chi connectivity index (χ3v) is 8.04. The molecule has 3 N–H and O–H groups in total. The molecule has 0 saturated heterocycles. The SMILES string of the molecule is C[C@]12CCCC=C1CC[C@H]1[C@@H]3CCC[C@@]3(C(O)(O)O)CC[C@@H]12. The Balaban J connectivity index is 1.70. The summed E-state index contributed by atoms with van der Waals surface area (Å²) in [5.41, 5.74) is 1.34. The van der Waals surface area contributed by atoms with E-state index >= 15 is 0 Å². The largest absolute Gasteiger partial charge is 0.343 e. The first kappa shape index (κ1) is 15.2. The predicted molar refractivity (Wildman–Crippen MR) is 84.7 cm³/mol. The molecule has 3 heteroatoms. The fourth-order valence-electron chi connectivity index (χ4n) is 6.99. The summed E-state index contributed by atoms with van der Waals surface area (Å²) in [6, 6.07) is 0. The van der Waals surface area contributed by atoms with Gasteiger partial charge < -0.3 is 15.3 Å². The molecule has 124 valence electrons. The molecule has 5 atom stereocenters. The van der Waals surface area contributed by atoms with Crippen molar-refractivity contribution in [1.29, 1.82) is 0 Å². The molecule has 0 bridgehead atoms. The average Bonchev–Trinajstić information content (AvgIpc) is 2.91. The smallest absolute Gasteiger partial charge is 0.281 e. The zero-order valence-corrected chi connectivity index (χ0v) is 13.7. The Hall–Kier alpha value is -0.380. The molecule has 0 amide bonds. The van der Waals surface area contributed by atoms with Crippen molar-refractivity contribution in [2.24, 2.45) is 28.6 Å². The summed E-state index contributed by atoms with van der Waals surface area (Å²) >= 11 is 0. The molecule has 4 aliphatic carbocycles. The molecule has 0 aromatic heterocycles. The van der Waals surface area contributed by atoms with Gasteiger partial charge in [-0.05, 0) is 81.0 Å². The summed E-state index contributed by atoms with van der Waals surface area (Å²) in [6.07, 6.45) is 13.3. The van der Waals surface area contributed by atoms with Crippen molar-refractivity contribution in [3.8, 4) is 0 Å². The Morgan fingerprint density at radius 2 is 1.82 bits per heavy atom.